The van der Waals surface area contributed by atoms with Gasteiger partial charge >= 0.3 is 0 Å². The van der Waals surface area contributed by atoms with Crippen LogP contribution >= 0.6 is 11.6 Å². The summed E-state index contributed by atoms with van der Waals surface area (Å²) in [6, 6.07) is 13.5. The number of benzene rings is 2. The first kappa shape index (κ1) is 9.22. The number of hydrogen-bond donors (Lipinski definition) is 0. The van der Waals surface area contributed by atoms with E-state index in [1.165, 1.54) is 6.08 Å². The Hall–Kier alpha value is -1.34. The molecule has 2 aromatic rings. The van der Waals surface area contributed by atoms with Crippen molar-refractivity contribution in [1.29, 1.82) is 0 Å². The highest BCUT2D eigenvalue weighted by Crippen LogP contribution is 2.21. The standard InChI is InChI=1S/C12H8ClF/c13-12(14)8-10-6-3-5-9-4-1-2-7-11(9)10/h1-8H/b12-8-. The SMILES string of the molecule is F/C(Cl)=C\c1cccc2ccccc12. The van der Waals surface area contributed by atoms with Crippen molar-refractivity contribution >= 4 is 28.4 Å². The zero-order valence-corrected chi connectivity index (χ0v) is 8.13. The van der Waals surface area contributed by atoms with Gasteiger partial charge in [-0.05, 0) is 22.4 Å². The molecule has 0 spiro atoms. The van der Waals surface area contributed by atoms with Crippen LogP contribution in [-0.2, 0) is 0 Å². The second-order valence-electron chi connectivity index (χ2n) is 3.00. The molecular formula is C12H8ClF. The summed E-state index contributed by atoms with van der Waals surface area (Å²) in [4.78, 5) is 0. The van der Waals surface area contributed by atoms with Crippen molar-refractivity contribution in [3.8, 4) is 0 Å². The van der Waals surface area contributed by atoms with Gasteiger partial charge in [0.2, 0.25) is 0 Å². The second kappa shape index (κ2) is 3.81. The van der Waals surface area contributed by atoms with Crippen LogP contribution in [0, 0.1) is 0 Å². The van der Waals surface area contributed by atoms with Crippen molar-refractivity contribution in [3.05, 3.63) is 53.3 Å². The van der Waals surface area contributed by atoms with Crippen LogP contribution in [0.2, 0.25) is 0 Å². The molecular weight excluding hydrogens is 199 g/mol. The molecule has 2 aromatic carbocycles. The van der Waals surface area contributed by atoms with Crippen molar-refractivity contribution in [3.63, 3.8) is 0 Å². The maximum absolute atomic E-state index is 12.5. The lowest BCUT2D eigenvalue weighted by Crippen LogP contribution is -1.77. The Bertz CT molecular complexity index is 479. The molecule has 0 aliphatic carbocycles. The van der Waals surface area contributed by atoms with E-state index in [2.05, 4.69) is 0 Å². The van der Waals surface area contributed by atoms with E-state index in [4.69, 9.17) is 11.6 Å². The smallest absolute Gasteiger partial charge is 0.189 e. The first-order chi connectivity index (χ1) is 6.77. The maximum Gasteiger partial charge on any atom is 0.189 e. The highest BCUT2D eigenvalue weighted by molar-refractivity contribution is 6.30. The van der Waals surface area contributed by atoms with Gasteiger partial charge < -0.3 is 0 Å². The molecule has 0 aliphatic rings. The average molecular weight is 207 g/mol. The minimum absolute atomic E-state index is 0.693. The third-order valence-electron chi connectivity index (χ3n) is 2.09. The summed E-state index contributed by atoms with van der Waals surface area (Å²) in [5.74, 6) is 0. The molecule has 0 fully saturated rings. The summed E-state index contributed by atoms with van der Waals surface area (Å²) >= 11 is 5.21. The molecule has 0 saturated heterocycles. The van der Waals surface area contributed by atoms with E-state index in [0.717, 1.165) is 16.3 Å². The van der Waals surface area contributed by atoms with Crippen molar-refractivity contribution in [2.75, 3.05) is 0 Å². The van der Waals surface area contributed by atoms with E-state index in [9.17, 15) is 4.39 Å². The van der Waals surface area contributed by atoms with Gasteiger partial charge in [0.05, 0.1) is 0 Å². The molecule has 70 valence electrons. The van der Waals surface area contributed by atoms with Crippen LogP contribution in [-0.4, -0.2) is 0 Å². The molecule has 0 radical (unpaired) electrons. The lowest BCUT2D eigenvalue weighted by Gasteiger charge is -2.00. The number of halogens is 2. The van der Waals surface area contributed by atoms with Crippen LogP contribution in [0.3, 0.4) is 0 Å². The largest absolute Gasteiger partial charge is 0.194 e. The minimum Gasteiger partial charge on any atom is -0.194 e. The predicted molar refractivity (Wildman–Crippen MR) is 58.9 cm³/mol. The normalized spacial score (nSPS) is 12.0. The zero-order chi connectivity index (χ0) is 9.97. The number of rotatable bonds is 1. The van der Waals surface area contributed by atoms with Gasteiger partial charge in [-0.2, -0.15) is 4.39 Å². The quantitative estimate of drug-likeness (QED) is 0.651. The zero-order valence-electron chi connectivity index (χ0n) is 7.37. The molecule has 0 aromatic heterocycles. The average Bonchev–Trinajstić information content (AvgIpc) is 2.18. The third kappa shape index (κ3) is 1.78. The number of fused-ring (bicyclic) bond motifs is 1. The molecule has 2 rings (SSSR count). The Morgan fingerprint density at radius 2 is 1.79 bits per heavy atom. The predicted octanol–water partition coefficient (Wildman–Crippen LogP) is 4.35. The van der Waals surface area contributed by atoms with Gasteiger partial charge in [0.1, 0.15) is 0 Å². The summed E-state index contributed by atoms with van der Waals surface area (Å²) < 4.78 is 12.5. The highest BCUT2D eigenvalue weighted by Gasteiger charge is 1.97. The first-order valence-electron chi connectivity index (χ1n) is 4.28. The van der Waals surface area contributed by atoms with Gasteiger partial charge in [0.25, 0.3) is 0 Å². The topological polar surface area (TPSA) is 0 Å². The Labute approximate surface area is 86.6 Å². The Balaban J connectivity index is 2.71. The van der Waals surface area contributed by atoms with E-state index >= 15 is 0 Å². The van der Waals surface area contributed by atoms with Gasteiger partial charge in [0.15, 0.2) is 5.29 Å². The molecule has 0 saturated carbocycles. The van der Waals surface area contributed by atoms with E-state index in [0.29, 0.717) is 0 Å². The molecule has 0 N–H and O–H groups in total. The van der Waals surface area contributed by atoms with Crippen LogP contribution < -0.4 is 0 Å². The van der Waals surface area contributed by atoms with Gasteiger partial charge in [-0.3, -0.25) is 0 Å². The van der Waals surface area contributed by atoms with Crippen LogP contribution in [0.1, 0.15) is 5.56 Å². The van der Waals surface area contributed by atoms with Gasteiger partial charge in [-0.25, -0.2) is 0 Å². The summed E-state index contributed by atoms with van der Waals surface area (Å²) in [5, 5.41) is 1.39. The fourth-order valence-electron chi connectivity index (χ4n) is 1.49. The molecule has 0 nitrogen and oxygen atoms in total. The summed E-state index contributed by atoms with van der Waals surface area (Å²) in [7, 11) is 0. The third-order valence-corrected chi connectivity index (χ3v) is 2.20. The maximum atomic E-state index is 12.5. The summed E-state index contributed by atoms with van der Waals surface area (Å²) in [5.41, 5.74) is 0.801. The van der Waals surface area contributed by atoms with Gasteiger partial charge in [-0.15, -0.1) is 0 Å². The van der Waals surface area contributed by atoms with Crippen molar-refractivity contribution in [1.82, 2.24) is 0 Å². The molecule has 0 amide bonds. The molecule has 0 aliphatic heterocycles. The van der Waals surface area contributed by atoms with Gasteiger partial charge in [-0.1, -0.05) is 54.1 Å². The highest BCUT2D eigenvalue weighted by atomic mass is 35.5. The van der Waals surface area contributed by atoms with E-state index < -0.39 is 5.29 Å². The number of hydrogen-bond acceptors (Lipinski definition) is 0. The van der Waals surface area contributed by atoms with E-state index in [-0.39, 0.29) is 0 Å². The molecule has 0 heterocycles. The van der Waals surface area contributed by atoms with Crippen molar-refractivity contribution in [2.24, 2.45) is 0 Å². The fraction of sp³-hybridized carbons (Fsp3) is 0. The van der Waals surface area contributed by atoms with Crippen LogP contribution in [0.5, 0.6) is 0 Å². The lowest BCUT2D eigenvalue weighted by atomic mass is 10.1. The van der Waals surface area contributed by atoms with E-state index in [1.807, 2.05) is 42.5 Å². The Morgan fingerprint density at radius 3 is 2.57 bits per heavy atom. The van der Waals surface area contributed by atoms with Crippen LogP contribution in [0.15, 0.2) is 47.8 Å². The molecule has 0 atom stereocenters. The first-order valence-corrected chi connectivity index (χ1v) is 4.65. The van der Waals surface area contributed by atoms with Crippen LogP contribution in [0.4, 0.5) is 4.39 Å². The Morgan fingerprint density at radius 1 is 1.07 bits per heavy atom. The molecule has 14 heavy (non-hydrogen) atoms. The fourth-order valence-corrected chi connectivity index (χ4v) is 1.61. The summed E-state index contributed by atoms with van der Waals surface area (Å²) in [6.07, 6.45) is 1.32. The lowest BCUT2D eigenvalue weighted by molar-refractivity contribution is 0.702. The van der Waals surface area contributed by atoms with Gasteiger partial charge in [0, 0.05) is 0 Å². The van der Waals surface area contributed by atoms with Crippen LogP contribution in [0.25, 0.3) is 16.8 Å². The monoisotopic (exact) mass is 206 g/mol. The summed E-state index contributed by atoms with van der Waals surface area (Å²) in [6.45, 7) is 0. The second-order valence-corrected chi connectivity index (χ2v) is 3.36. The molecule has 0 unspecified atom stereocenters. The molecule has 0 bridgehead atoms. The van der Waals surface area contributed by atoms with E-state index in [1.54, 1.807) is 0 Å². The van der Waals surface area contributed by atoms with Crippen molar-refractivity contribution in [2.45, 2.75) is 0 Å². The molecule has 2 heteroatoms. The minimum atomic E-state index is -0.693. The van der Waals surface area contributed by atoms with Crippen molar-refractivity contribution < 1.29 is 4.39 Å². The Kier molecular flexibility index (Phi) is 2.51.